The van der Waals surface area contributed by atoms with Crippen LogP contribution in [0.5, 0.6) is 0 Å². The van der Waals surface area contributed by atoms with Crippen molar-refractivity contribution in [3.8, 4) is 0 Å². The van der Waals surface area contributed by atoms with Gasteiger partial charge in [-0.1, -0.05) is 35.3 Å². The molecular weight excluding hydrogens is 399 g/mol. The lowest BCUT2D eigenvalue weighted by atomic mass is 10.0. The lowest BCUT2D eigenvalue weighted by molar-refractivity contribution is -0.121. The number of carbonyl (C=O) groups is 2. The van der Waals surface area contributed by atoms with Crippen LogP contribution in [0.2, 0.25) is 10.0 Å². The summed E-state index contributed by atoms with van der Waals surface area (Å²) in [5.74, 6) is -0.679. The van der Waals surface area contributed by atoms with Gasteiger partial charge in [-0.3, -0.25) is 9.59 Å². The van der Waals surface area contributed by atoms with Gasteiger partial charge in [0.05, 0.1) is 24.5 Å². The summed E-state index contributed by atoms with van der Waals surface area (Å²) in [6, 6.07) is 12.1. The van der Waals surface area contributed by atoms with E-state index in [1.165, 1.54) is 4.90 Å². The van der Waals surface area contributed by atoms with Crippen molar-refractivity contribution < 1.29 is 14.3 Å². The Bertz CT molecular complexity index is 980. The van der Waals surface area contributed by atoms with Crippen molar-refractivity contribution in [1.82, 2.24) is 4.90 Å². The molecule has 5 nitrogen and oxygen atoms in total. The molecule has 0 spiro atoms. The van der Waals surface area contributed by atoms with Gasteiger partial charge >= 0.3 is 0 Å². The minimum absolute atomic E-state index is 0.331. The third-order valence-electron chi connectivity index (χ3n) is 4.92. The summed E-state index contributed by atoms with van der Waals surface area (Å²) in [5, 5.41) is 1.12. The second-order valence-corrected chi connectivity index (χ2v) is 7.58. The van der Waals surface area contributed by atoms with Crippen molar-refractivity contribution in [1.29, 1.82) is 0 Å². The average Bonchev–Trinajstić information content (AvgIpc) is 2.94. The summed E-state index contributed by atoms with van der Waals surface area (Å²) in [6.45, 7) is 3.96. The molecule has 0 radical (unpaired) electrons. The quantitative estimate of drug-likeness (QED) is 0.711. The third-order valence-corrected chi connectivity index (χ3v) is 5.41. The van der Waals surface area contributed by atoms with E-state index in [0.29, 0.717) is 58.9 Å². The molecule has 28 heavy (non-hydrogen) atoms. The molecule has 2 aliphatic heterocycles. The molecule has 2 aliphatic rings. The number of carbonyl (C=O) groups excluding carboxylic acids is 2. The molecule has 0 aromatic heterocycles. The predicted molar refractivity (Wildman–Crippen MR) is 109 cm³/mol. The van der Waals surface area contributed by atoms with Crippen molar-refractivity contribution in [2.45, 2.75) is 6.92 Å². The Kier molecular flexibility index (Phi) is 5.15. The number of halogens is 2. The summed E-state index contributed by atoms with van der Waals surface area (Å²) in [5.41, 5.74) is 2.75. The zero-order valence-electron chi connectivity index (χ0n) is 15.2. The Balaban J connectivity index is 1.84. The van der Waals surface area contributed by atoms with Gasteiger partial charge in [0, 0.05) is 23.1 Å². The molecule has 0 unspecified atom stereocenters. The smallest absolute Gasteiger partial charge is 0.282 e. The van der Waals surface area contributed by atoms with Gasteiger partial charge in [-0.25, -0.2) is 4.90 Å². The van der Waals surface area contributed by atoms with Gasteiger partial charge in [0.15, 0.2) is 0 Å². The van der Waals surface area contributed by atoms with Gasteiger partial charge in [0.1, 0.15) is 5.70 Å². The van der Waals surface area contributed by atoms with Crippen LogP contribution in [-0.2, 0) is 14.3 Å². The highest BCUT2D eigenvalue weighted by Crippen LogP contribution is 2.37. The van der Waals surface area contributed by atoms with Crippen molar-refractivity contribution in [2.75, 3.05) is 31.2 Å². The van der Waals surface area contributed by atoms with Crippen molar-refractivity contribution in [2.24, 2.45) is 0 Å². The molecule has 4 rings (SSSR count). The van der Waals surface area contributed by atoms with Crippen LogP contribution in [0.15, 0.2) is 48.2 Å². The van der Waals surface area contributed by atoms with E-state index in [4.69, 9.17) is 27.9 Å². The SMILES string of the molecule is Cc1cc(Cl)ccc1N1C(=O)C(c2ccc(Cl)cc2)=C(N2CCOCC2)C1=O. The number of nitrogens with zero attached hydrogens (tertiary/aromatic N) is 2. The van der Waals surface area contributed by atoms with Crippen LogP contribution in [0.3, 0.4) is 0 Å². The number of hydrogen-bond donors (Lipinski definition) is 0. The summed E-state index contributed by atoms with van der Waals surface area (Å²) < 4.78 is 5.42. The fraction of sp³-hybridized carbons (Fsp3) is 0.238. The number of ether oxygens (including phenoxy) is 1. The van der Waals surface area contributed by atoms with Crippen LogP contribution in [0.25, 0.3) is 5.57 Å². The largest absolute Gasteiger partial charge is 0.378 e. The summed E-state index contributed by atoms with van der Waals surface area (Å²) in [7, 11) is 0. The third kappa shape index (κ3) is 3.30. The predicted octanol–water partition coefficient (Wildman–Crippen LogP) is 3.92. The van der Waals surface area contributed by atoms with Crippen LogP contribution >= 0.6 is 23.2 Å². The van der Waals surface area contributed by atoms with Gasteiger partial charge in [-0.2, -0.15) is 0 Å². The van der Waals surface area contributed by atoms with Crippen LogP contribution in [0.4, 0.5) is 5.69 Å². The molecule has 2 aromatic rings. The molecule has 1 saturated heterocycles. The van der Waals surface area contributed by atoms with Gasteiger partial charge < -0.3 is 9.64 Å². The van der Waals surface area contributed by atoms with E-state index < -0.39 is 0 Å². The molecular formula is C21H18Cl2N2O3. The summed E-state index contributed by atoms with van der Waals surface area (Å²) in [6.07, 6.45) is 0. The first kappa shape index (κ1) is 19.0. The van der Waals surface area contributed by atoms with Gasteiger partial charge in [-0.15, -0.1) is 0 Å². The van der Waals surface area contributed by atoms with Gasteiger partial charge in [0.2, 0.25) is 0 Å². The molecule has 0 saturated carbocycles. The second kappa shape index (κ2) is 7.59. The van der Waals surface area contributed by atoms with Crippen LogP contribution in [0.1, 0.15) is 11.1 Å². The van der Waals surface area contributed by atoms with E-state index in [1.807, 2.05) is 11.8 Å². The molecule has 0 aliphatic carbocycles. The molecule has 2 heterocycles. The minimum Gasteiger partial charge on any atom is -0.378 e. The molecule has 2 aromatic carbocycles. The molecule has 2 amide bonds. The number of amides is 2. The minimum atomic E-state index is -0.348. The van der Waals surface area contributed by atoms with Gasteiger partial charge in [-0.05, 0) is 48.4 Å². The summed E-state index contributed by atoms with van der Waals surface area (Å²) in [4.78, 5) is 30.0. The Hall–Kier alpha value is -2.34. The molecule has 0 atom stereocenters. The number of benzene rings is 2. The maximum Gasteiger partial charge on any atom is 0.282 e. The maximum absolute atomic E-state index is 13.4. The normalized spacial score (nSPS) is 17.7. The van der Waals surface area contributed by atoms with E-state index in [9.17, 15) is 9.59 Å². The number of imide groups is 1. The van der Waals surface area contributed by atoms with Crippen LogP contribution in [-0.4, -0.2) is 43.0 Å². The second-order valence-electron chi connectivity index (χ2n) is 6.71. The van der Waals surface area contributed by atoms with Crippen LogP contribution < -0.4 is 4.90 Å². The summed E-state index contributed by atoms with van der Waals surface area (Å²) >= 11 is 12.1. The number of anilines is 1. The Labute approximate surface area is 173 Å². The highest BCUT2D eigenvalue weighted by molar-refractivity contribution is 6.45. The van der Waals surface area contributed by atoms with Gasteiger partial charge in [0.25, 0.3) is 11.8 Å². The highest BCUT2D eigenvalue weighted by atomic mass is 35.5. The fourth-order valence-corrected chi connectivity index (χ4v) is 3.92. The number of rotatable bonds is 3. The lowest BCUT2D eigenvalue weighted by Gasteiger charge is -2.29. The first-order valence-electron chi connectivity index (χ1n) is 8.95. The first-order chi connectivity index (χ1) is 13.5. The maximum atomic E-state index is 13.4. The zero-order chi connectivity index (χ0) is 19.8. The topological polar surface area (TPSA) is 49.9 Å². The van der Waals surface area contributed by atoms with E-state index in [2.05, 4.69) is 0 Å². The lowest BCUT2D eigenvalue weighted by Crippen LogP contribution is -2.40. The average molecular weight is 417 g/mol. The molecule has 0 bridgehead atoms. The fourth-order valence-electron chi connectivity index (χ4n) is 3.56. The number of aryl methyl sites for hydroxylation is 1. The molecule has 144 valence electrons. The van der Waals surface area contributed by atoms with E-state index >= 15 is 0 Å². The molecule has 7 heteroatoms. The molecule has 1 fully saturated rings. The van der Waals surface area contributed by atoms with Crippen molar-refractivity contribution in [3.05, 3.63) is 69.3 Å². The van der Waals surface area contributed by atoms with E-state index in [0.717, 1.165) is 5.56 Å². The van der Waals surface area contributed by atoms with E-state index in [-0.39, 0.29) is 11.8 Å². The highest BCUT2D eigenvalue weighted by Gasteiger charge is 2.43. The molecule has 0 N–H and O–H groups in total. The Morgan fingerprint density at radius 3 is 2.18 bits per heavy atom. The van der Waals surface area contributed by atoms with Crippen molar-refractivity contribution >= 4 is 46.3 Å². The standard InChI is InChI=1S/C21H18Cl2N2O3/c1-13-12-16(23)6-7-17(13)25-20(26)18(14-2-4-15(22)5-3-14)19(21(25)27)24-8-10-28-11-9-24/h2-7,12H,8-11H2,1H3. The zero-order valence-corrected chi connectivity index (χ0v) is 16.8. The first-order valence-corrected chi connectivity index (χ1v) is 9.71. The number of morpholine rings is 1. The Morgan fingerprint density at radius 2 is 1.54 bits per heavy atom. The van der Waals surface area contributed by atoms with Crippen molar-refractivity contribution in [3.63, 3.8) is 0 Å². The monoisotopic (exact) mass is 416 g/mol. The van der Waals surface area contributed by atoms with Crippen LogP contribution in [0, 0.1) is 6.92 Å². The van der Waals surface area contributed by atoms with E-state index in [1.54, 1.807) is 42.5 Å². The Morgan fingerprint density at radius 1 is 0.893 bits per heavy atom. The number of hydrogen-bond acceptors (Lipinski definition) is 4.